The largest absolute Gasteiger partial charge is 0.399 e. The molecule has 2 aromatic rings. The summed E-state index contributed by atoms with van der Waals surface area (Å²) in [7, 11) is 1.70. The van der Waals surface area contributed by atoms with E-state index in [1.807, 2.05) is 25.1 Å². The molecule has 0 fully saturated rings. The molecule has 2 N–H and O–H groups in total. The van der Waals surface area contributed by atoms with Gasteiger partial charge in [0, 0.05) is 17.3 Å². The molecular weight excluding hydrogens is 270 g/mol. The van der Waals surface area contributed by atoms with Crippen LogP contribution < -0.4 is 5.73 Å². The minimum atomic E-state index is -2.88. The van der Waals surface area contributed by atoms with Crippen LogP contribution in [0.2, 0.25) is 0 Å². The standard InChI is InChI=1S/C17H20F2N2/c1-13(14-7-6-10-16(20)11-14)21(2)12-17(18,19)15-8-4-3-5-9-15/h3-11,13H,12,20H2,1-2H3. The molecule has 0 aliphatic carbocycles. The van der Waals surface area contributed by atoms with Gasteiger partial charge in [0.2, 0.25) is 0 Å². The third-order valence-electron chi connectivity index (χ3n) is 3.70. The Kier molecular flexibility index (Phi) is 4.58. The fourth-order valence-corrected chi connectivity index (χ4v) is 2.30. The summed E-state index contributed by atoms with van der Waals surface area (Å²) in [5.74, 6) is -2.88. The molecule has 112 valence electrons. The Morgan fingerprint density at radius 1 is 1.10 bits per heavy atom. The number of hydrogen-bond donors (Lipinski definition) is 1. The number of nitrogens with two attached hydrogens (primary N) is 1. The van der Waals surface area contributed by atoms with Gasteiger partial charge in [-0.25, -0.2) is 0 Å². The highest BCUT2D eigenvalue weighted by atomic mass is 19.3. The summed E-state index contributed by atoms with van der Waals surface area (Å²) in [6.45, 7) is 1.56. The van der Waals surface area contributed by atoms with Crippen molar-refractivity contribution in [2.24, 2.45) is 0 Å². The third kappa shape index (κ3) is 3.79. The van der Waals surface area contributed by atoms with E-state index >= 15 is 0 Å². The van der Waals surface area contributed by atoms with Gasteiger partial charge in [0.05, 0.1) is 6.54 Å². The summed E-state index contributed by atoms with van der Waals surface area (Å²) >= 11 is 0. The molecule has 0 saturated carbocycles. The lowest BCUT2D eigenvalue weighted by atomic mass is 10.0. The van der Waals surface area contributed by atoms with Crippen LogP contribution in [0, 0.1) is 0 Å². The molecule has 0 spiro atoms. The third-order valence-corrected chi connectivity index (χ3v) is 3.70. The zero-order chi connectivity index (χ0) is 15.5. The van der Waals surface area contributed by atoms with Gasteiger partial charge in [-0.3, -0.25) is 4.90 Å². The van der Waals surface area contributed by atoms with E-state index in [0.29, 0.717) is 5.69 Å². The first-order valence-electron chi connectivity index (χ1n) is 6.89. The summed E-state index contributed by atoms with van der Waals surface area (Å²) in [4.78, 5) is 1.64. The van der Waals surface area contributed by atoms with Gasteiger partial charge in [-0.2, -0.15) is 8.78 Å². The van der Waals surface area contributed by atoms with Crippen LogP contribution in [0.25, 0.3) is 0 Å². The van der Waals surface area contributed by atoms with Crippen molar-refractivity contribution in [3.8, 4) is 0 Å². The molecule has 2 rings (SSSR count). The van der Waals surface area contributed by atoms with E-state index in [1.165, 1.54) is 12.1 Å². The lowest BCUT2D eigenvalue weighted by Gasteiger charge is -2.29. The Balaban J connectivity index is 2.12. The molecule has 0 radical (unpaired) electrons. The smallest absolute Gasteiger partial charge is 0.285 e. The lowest BCUT2D eigenvalue weighted by Crippen LogP contribution is -2.34. The van der Waals surface area contributed by atoms with Crippen molar-refractivity contribution in [2.45, 2.75) is 18.9 Å². The van der Waals surface area contributed by atoms with Gasteiger partial charge >= 0.3 is 0 Å². The second-order valence-corrected chi connectivity index (χ2v) is 5.33. The van der Waals surface area contributed by atoms with Gasteiger partial charge in [0.1, 0.15) is 0 Å². The first kappa shape index (κ1) is 15.4. The van der Waals surface area contributed by atoms with E-state index in [1.54, 1.807) is 36.2 Å². The van der Waals surface area contributed by atoms with Crippen molar-refractivity contribution >= 4 is 5.69 Å². The van der Waals surface area contributed by atoms with E-state index in [0.717, 1.165) is 5.56 Å². The number of halogens is 2. The zero-order valence-corrected chi connectivity index (χ0v) is 12.3. The number of alkyl halides is 2. The summed E-state index contributed by atoms with van der Waals surface area (Å²) in [5.41, 5.74) is 7.36. The topological polar surface area (TPSA) is 29.3 Å². The number of likely N-dealkylation sites (N-methyl/N-ethyl adjacent to an activating group) is 1. The van der Waals surface area contributed by atoms with Crippen LogP contribution in [0.1, 0.15) is 24.1 Å². The first-order chi connectivity index (χ1) is 9.90. The Bertz CT molecular complexity index is 584. The summed E-state index contributed by atoms with van der Waals surface area (Å²) in [5, 5.41) is 0. The molecule has 0 aliphatic heterocycles. The van der Waals surface area contributed by atoms with E-state index in [4.69, 9.17) is 5.73 Å². The van der Waals surface area contributed by atoms with Crippen LogP contribution in [0.15, 0.2) is 54.6 Å². The Labute approximate surface area is 124 Å². The van der Waals surface area contributed by atoms with Crippen LogP contribution in [0.5, 0.6) is 0 Å². The van der Waals surface area contributed by atoms with Gasteiger partial charge in [-0.1, -0.05) is 42.5 Å². The fraction of sp³-hybridized carbons (Fsp3) is 0.294. The van der Waals surface area contributed by atoms with Crippen LogP contribution in [0.4, 0.5) is 14.5 Å². The fourth-order valence-electron chi connectivity index (χ4n) is 2.30. The predicted octanol–water partition coefficient (Wildman–Crippen LogP) is 4.05. The summed E-state index contributed by atoms with van der Waals surface area (Å²) < 4.78 is 28.6. The van der Waals surface area contributed by atoms with E-state index in [-0.39, 0.29) is 18.2 Å². The van der Waals surface area contributed by atoms with Crippen molar-refractivity contribution in [3.05, 3.63) is 65.7 Å². The molecule has 1 unspecified atom stereocenters. The average molecular weight is 290 g/mol. The Hall–Kier alpha value is -1.94. The summed E-state index contributed by atoms with van der Waals surface area (Å²) in [6, 6.07) is 15.1. The molecule has 1 atom stereocenters. The van der Waals surface area contributed by atoms with Gasteiger partial charge in [-0.05, 0) is 31.7 Å². The maximum absolute atomic E-state index is 14.3. The van der Waals surface area contributed by atoms with Gasteiger partial charge < -0.3 is 5.73 Å². The van der Waals surface area contributed by atoms with E-state index in [2.05, 4.69) is 0 Å². The minimum absolute atomic E-state index is 0.0385. The minimum Gasteiger partial charge on any atom is -0.399 e. The van der Waals surface area contributed by atoms with Crippen LogP contribution >= 0.6 is 0 Å². The highest BCUT2D eigenvalue weighted by Crippen LogP contribution is 2.31. The summed E-state index contributed by atoms with van der Waals surface area (Å²) in [6.07, 6.45) is 0. The molecule has 0 amide bonds. The second-order valence-electron chi connectivity index (χ2n) is 5.33. The molecule has 0 saturated heterocycles. The van der Waals surface area contributed by atoms with Crippen molar-refractivity contribution in [2.75, 3.05) is 19.3 Å². The highest BCUT2D eigenvalue weighted by Gasteiger charge is 2.34. The molecule has 4 heteroatoms. The normalized spacial score (nSPS) is 13.4. The monoisotopic (exact) mass is 290 g/mol. The van der Waals surface area contributed by atoms with Crippen molar-refractivity contribution in [3.63, 3.8) is 0 Å². The SMILES string of the molecule is CC(c1cccc(N)c1)N(C)CC(F)(F)c1ccccc1. The second kappa shape index (κ2) is 6.22. The highest BCUT2D eigenvalue weighted by molar-refractivity contribution is 5.41. The maximum atomic E-state index is 14.3. The molecule has 0 heterocycles. The van der Waals surface area contributed by atoms with Crippen molar-refractivity contribution in [1.29, 1.82) is 0 Å². The molecular formula is C17H20F2N2. The molecule has 0 aromatic heterocycles. The van der Waals surface area contributed by atoms with Crippen LogP contribution in [-0.2, 0) is 5.92 Å². The Morgan fingerprint density at radius 2 is 1.76 bits per heavy atom. The Morgan fingerprint density at radius 3 is 2.38 bits per heavy atom. The van der Waals surface area contributed by atoms with Crippen molar-refractivity contribution in [1.82, 2.24) is 4.90 Å². The van der Waals surface area contributed by atoms with Gasteiger partial charge in [-0.15, -0.1) is 0 Å². The average Bonchev–Trinajstić information content (AvgIpc) is 2.47. The van der Waals surface area contributed by atoms with Crippen molar-refractivity contribution < 1.29 is 8.78 Å². The van der Waals surface area contributed by atoms with Gasteiger partial charge in [0.25, 0.3) is 5.92 Å². The van der Waals surface area contributed by atoms with Gasteiger partial charge in [0.15, 0.2) is 0 Å². The first-order valence-corrected chi connectivity index (χ1v) is 6.89. The quantitative estimate of drug-likeness (QED) is 0.842. The number of nitrogens with zero attached hydrogens (tertiary/aromatic N) is 1. The lowest BCUT2D eigenvalue weighted by molar-refractivity contribution is -0.0399. The van der Waals surface area contributed by atoms with Crippen LogP contribution in [-0.4, -0.2) is 18.5 Å². The number of hydrogen-bond acceptors (Lipinski definition) is 2. The molecule has 0 bridgehead atoms. The predicted molar refractivity (Wildman–Crippen MR) is 82.2 cm³/mol. The number of benzene rings is 2. The molecule has 2 nitrogen and oxygen atoms in total. The number of nitrogen functional groups attached to an aromatic ring is 1. The zero-order valence-electron chi connectivity index (χ0n) is 12.3. The number of rotatable bonds is 5. The molecule has 21 heavy (non-hydrogen) atoms. The molecule has 2 aromatic carbocycles. The van der Waals surface area contributed by atoms with E-state index in [9.17, 15) is 8.78 Å². The maximum Gasteiger partial charge on any atom is 0.285 e. The van der Waals surface area contributed by atoms with Crippen LogP contribution in [0.3, 0.4) is 0 Å². The number of anilines is 1. The molecule has 0 aliphatic rings. The van der Waals surface area contributed by atoms with E-state index < -0.39 is 5.92 Å².